The first-order valence-corrected chi connectivity index (χ1v) is 10.1. The fourth-order valence-corrected chi connectivity index (χ4v) is 4.02. The highest BCUT2D eigenvalue weighted by Crippen LogP contribution is 2.29. The maximum absolute atomic E-state index is 12.5. The number of unbranched alkanes of at least 4 members (excludes halogenated alkanes) is 1. The van der Waals surface area contributed by atoms with Crippen LogP contribution < -0.4 is 5.32 Å². The molecule has 2 atom stereocenters. The van der Waals surface area contributed by atoms with E-state index >= 15 is 0 Å². The molecule has 2 heterocycles. The number of urea groups is 1. The van der Waals surface area contributed by atoms with Gasteiger partial charge in [-0.05, 0) is 65.0 Å². The third-order valence-electron chi connectivity index (χ3n) is 5.82. The lowest BCUT2D eigenvalue weighted by atomic mass is 10.0. The number of carbonyl (C=O) groups is 1. The summed E-state index contributed by atoms with van der Waals surface area (Å²) in [6.07, 6.45) is 9.80. The van der Waals surface area contributed by atoms with E-state index in [1.807, 2.05) is 0 Å². The predicted octanol–water partition coefficient (Wildman–Crippen LogP) is 2.85. The van der Waals surface area contributed by atoms with Crippen LogP contribution in [-0.2, 0) is 4.74 Å². The lowest BCUT2D eigenvalue weighted by Gasteiger charge is -2.33. The molecule has 138 valence electrons. The maximum Gasteiger partial charge on any atom is 0.317 e. The van der Waals surface area contributed by atoms with Crippen LogP contribution in [0.2, 0.25) is 0 Å². The minimum Gasteiger partial charge on any atom is -0.381 e. The zero-order valence-corrected chi connectivity index (χ0v) is 15.3. The van der Waals surface area contributed by atoms with Gasteiger partial charge in [-0.2, -0.15) is 0 Å². The molecule has 3 fully saturated rings. The van der Waals surface area contributed by atoms with Crippen LogP contribution in [0.5, 0.6) is 0 Å². The Kier molecular flexibility index (Phi) is 6.78. The zero-order valence-electron chi connectivity index (χ0n) is 15.3. The normalized spacial score (nSPS) is 28.0. The summed E-state index contributed by atoms with van der Waals surface area (Å²) < 4.78 is 5.45. The summed E-state index contributed by atoms with van der Waals surface area (Å²) in [5.41, 5.74) is 0. The number of hydrogen-bond donors (Lipinski definition) is 1. The fourth-order valence-electron chi connectivity index (χ4n) is 4.02. The summed E-state index contributed by atoms with van der Waals surface area (Å²) in [6, 6.07) is 1.38. The molecule has 2 aliphatic heterocycles. The molecule has 2 amide bonds. The molecule has 5 nitrogen and oxygen atoms in total. The van der Waals surface area contributed by atoms with E-state index in [-0.39, 0.29) is 6.03 Å². The van der Waals surface area contributed by atoms with Crippen molar-refractivity contribution in [2.24, 2.45) is 5.92 Å². The number of piperidine rings is 1. The highest BCUT2D eigenvalue weighted by molar-refractivity contribution is 5.74. The van der Waals surface area contributed by atoms with E-state index in [0.29, 0.717) is 12.0 Å². The number of nitrogens with one attached hydrogen (secondary N) is 1. The van der Waals surface area contributed by atoms with Crippen LogP contribution in [0.1, 0.15) is 58.3 Å². The summed E-state index contributed by atoms with van der Waals surface area (Å²) >= 11 is 0. The van der Waals surface area contributed by atoms with Crippen LogP contribution in [0.3, 0.4) is 0 Å². The van der Waals surface area contributed by atoms with Crippen LogP contribution in [0.25, 0.3) is 0 Å². The van der Waals surface area contributed by atoms with Crippen molar-refractivity contribution in [1.29, 1.82) is 0 Å². The van der Waals surface area contributed by atoms with Gasteiger partial charge in [0.25, 0.3) is 0 Å². The first-order valence-electron chi connectivity index (χ1n) is 10.1. The smallest absolute Gasteiger partial charge is 0.317 e. The fraction of sp³-hybridized carbons (Fsp3) is 0.947. The van der Waals surface area contributed by atoms with Crippen molar-refractivity contribution in [3.05, 3.63) is 0 Å². The Morgan fingerprint density at radius 1 is 1.21 bits per heavy atom. The van der Waals surface area contributed by atoms with Gasteiger partial charge in [0, 0.05) is 37.7 Å². The summed E-state index contributed by atoms with van der Waals surface area (Å²) in [5.74, 6) is 0.539. The molecule has 0 aromatic carbocycles. The van der Waals surface area contributed by atoms with Crippen molar-refractivity contribution in [2.75, 3.05) is 39.4 Å². The molecule has 1 aliphatic carbocycles. The highest BCUT2D eigenvalue weighted by Gasteiger charge is 2.34. The molecule has 2 unspecified atom stereocenters. The van der Waals surface area contributed by atoms with E-state index in [9.17, 15) is 4.79 Å². The lowest BCUT2D eigenvalue weighted by molar-refractivity contribution is 0.156. The van der Waals surface area contributed by atoms with E-state index in [0.717, 1.165) is 45.2 Å². The van der Waals surface area contributed by atoms with Crippen molar-refractivity contribution in [3.63, 3.8) is 0 Å². The Balaban J connectivity index is 1.30. The second-order valence-corrected chi connectivity index (χ2v) is 7.93. The van der Waals surface area contributed by atoms with E-state index < -0.39 is 0 Å². The molecule has 0 bridgehead atoms. The van der Waals surface area contributed by atoms with Gasteiger partial charge in [0.1, 0.15) is 0 Å². The topological polar surface area (TPSA) is 44.8 Å². The lowest BCUT2D eigenvalue weighted by Crippen LogP contribution is -2.44. The van der Waals surface area contributed by atoms with Crippen molar-refractivity contribution < 1.29 is 9.53 Å². The van der Waals surface area contributed by atoms with Crippen molar-refractivity contribution in [2.45, 2.75) is 70.4 Å². The third kappa shape index (κ3) is 5.35. The molecular formula is C19H35N3O2. The average molecular weight is 338 g/mol. The van der Waals surface area contributed by atoms with Gasteiger partial charge in [0.15, 0.2) is 0 Å². The van der Waals surface area contributed by atoms with Gasteiger partial charge >= 0.3 is 6.03 Å². The van der Waals surface area contributed by atoms with Crippen LogP contribution in [0.4, 0.5) is 4.79 Å². The number of nitrogens with zero attached hydrogens (tertiary/aromatic N) is 2. The number of rotatable bonds is 8. The molecule has 1 saturated carbocycles. The quantitative estimate of drug-likeness (QED) is 0.693. The van der Waals surface area contributed by atoms with Gasteiger partial charge in [-0.25, -0.2) is 4.79 Å². The van der Waals surface area contributed by atoms with Crippen molar-refractivity contribution >= 4 is 6.03 Å². The molecule has 3 rings (SSSR count). The van der Waals surface area contributed by atoms with Crippen molar-refractivity contribution in [1.82, 2.24) is 15.1 Å². The maximum atomic E-state index is 12.5. The van der Waals surface area contributed by atoms with Gasteiger partial charge in [0.2, 0.25) is 0 Å². The Labute approximate surface area is 147 Å². The first-order chi connectivity index (χ1) is 11.7. The molecule has 0 spiro atoms. The molecule has 0 aromatic heterocycles. The molecule has 0 radical (unpaired) electrons. The monoisotopic (exact) mass is 337 g/mol. The Hall–Kier alpha value is -0.810. The molecular weight excluding hydrogens is 302 g/mol. The van der Waals surface area contributed by atoms with Gasteiger partial charge < -0.3 is 19.9 Å². The van der Waals surface area contributed by atoms with Crippen LogP contribution >= 0.6 is 0 Å². The Morgan fingerprint density at radius 3 is 2.79 bits per heavy atom. The standard InChI is InChI=1S/C19H35N3O2/c1-16-6-2-4-11-21(16)12-5-3-10-20-19(23)22(18-7-8-18)14-17-9-13-24-15-17/h16-18H,2-15H2,1H3,(H,20,23). The summed E-state index contributed by atoms with van der Waals surface area (Å²) in [5, 5.41) is 3.15. The predicted molar refractivity (Wildman–Crippen MR) is 96.2 cm³/mol. The number of carbonyl (C=O) groups excluding carboxylic acids is 1. The first kappa shape index (κ1) is 18.0. The highest BCUT2D eigenvalue weighted by atomic mass is 16.5. The number of hydrogen-bond acceptors (Lipinski definition) is 3. The number of amides is 2. The van der Waals surface area contributed by atoms with Gasteiger partial charge in [-0.1, -0.05) is 6.42 Å². The molecule has 2 saturated heterocycles. The van der Waals surface area contributed by atoms with E-state index in [1.165, 1.54) is 51.6 Å². The third-order valence-corrected chi connectivity index (χ3v) is 5.82. The summed E-state index contributed by atoms with van der Waals surface area (Å²) in [6.45, 7) is 8.16. The molecule has 24 heavy (non-hydrogen) atoms. The van der Waals surface area contributed by atoms with Crippen LogP contribution in [0, 0.1) is 5.92 Å². The number of likely N-dealkylation sites (tertiary alicyclic amines) is 1. The minimum absolute atomic E-state index is 0.149. The summed E-state index contributed by atoms with van der Waals surface area (Å²) in [7, 11) is 0. The van der Waals surface area contributed by atoms with Crippen LogP contribution in [0.15, 0.2) is 0 Å². The SMILES string of the molecule is CC1CCCCN1CCCCNC(=O)N(CC1CCOC1)C1CC1. The molecule has 0 aromatic rings. The Morgan fingerprint density at radius 2 is 2.08 bits per heavy atom. The van der Waals surface area contributed by atoms with Gasteiger partial charge in [0.05, 0.1) is 6.61 Å². The van der Waals surface area contributed by atoms with Gasteiger partial charge in [-0.15, -0.1) is 0 Å². The average Bonchev–Trinajstić information content (AvgIpc) is 3.29. The van der Waals surface area contributed by atoms with Crippen molar-refractivity contribution in [3.8, 4) is 0 Å². The van der Waals surface area contributed by atoms with Crippen LogP contribution in [-0.4, -0.2) is 67.3 Å². The second-order valence-electron chi connectivity index (χ2n) is 7.93. The number of ether oxygens (including phenoxy) is 1. The zero-order chi connectivity index (χ0) is 16.8. The minimum atomic E-state index is 0.149. The molecule has 3 aliphatic rings. The van der Waals surface area contributed by atoms with E-state index in [4.69, 9.17) is 4.74 Å². The Bertz CT molecular complexity index is 394. The largest absolute Gasteiger partial charge is 0.381 e. The van der Waals surface area contributed by atoms with Gasteiger partial charge in [-0.3, -0.25) is 0 Å². The summed E-state index contributed by atoms with van der Waals surface area (Å²) in [4.78, 5) is 17.2. The second kappa shape index (κ2) is 9.04. The molecule has 5 heteroatoms. The molecule has 1 N–H and O–H groups in total. The van der Waals surface area contributed by atoms with E-state index in [2.05, 4.69) is 22.0 Å². The van der Waals surface area contributed by atoms with E-state index in [1.54, 1.807) is 0 Å².